The number of halogens is 2. The summed E-state index contributed by atoms with van der Waals surface area (Å²) in [6.07, 6.45) is 2.63. The summed E-state index contributed by atoms with van der Waals surface area (Å²) in [7, 11) is 0. The lowest BCUT2D eigenvalue weighted by Crippen LogP contribution is -2.08. The Labute approximate surface area is 113 Å². The number of nitrogens with zero attached hydrogens (tertiary/aromatic N) is 3. The first-order valence-corrected chi connectivity index (χ1v) is 6.42. The zero-order valence-corrected chi connectivity index (χ0v) is 11.6. The van der Waals surface area contributed by atoms with Gasteiger partial charge >= 0.3 is 0 Å². The second kappa shape index (κ2) is 5.16. The first-order valence-electron chi connectivity index (χ1n) is 5.25. The van der Waals surface area contributed by atoms with Crippen LogP contribution in [0.3, 0.4) is 0 Å². The molecule has 6 heteroatoms. The van der Waals surface area contributed by atoms with Crippen LogP contribution in [-0.2, 0) is 0 Å². The van der Waals surface area contributed by atoms with E-state index in [4.69, 9.17) is 17.3 Å². The topological polar surface area (TPSA) is 56.7 Å². The summed E-state index contributed by atoms with van der Waals surface area (Å²) in [5, 5.41) is 8.69. The van der Waals surface area contributed by atoms with E-state index < -0.39 is 0 Å². The van der Waals surface area contributed by atoms with E-state index in [1.165, 1.54) is 0 Å². The van der Waals surface area contributed by atoms with Gasteiger partial charge in [-0.1, -0.05) is 39.7 Å². The summed E-state index contributed by atoms with van der Waals surface area (Å²) in [4.78, 5) is 0. The Hall–Kier alpha value is -0.910. The van der Waals surface area contributed by atoms with Crippen LogP contribution < -0.4 is 5.73 Å². The van der Waals surface area contributed by atoms with Crippen molar-refractivity contribution in [1.29, 1.82) is 0 Å². The molecule has 1 atom stereocenters. The standard InChI is InChI=1S/C11H12BrClN4/c1-2-9(14)10-6-17(16-15-10)11-4-3-7(12)5-8(11)13/h3-6,9H,2,14H2,1H3. The molecule has 0 fully saturated rings. The lowest BCUT2D eigenvalue weighted by atomic mass is 10.2. The third kappa shape index (κ3) is 2.68. The van der Waals surface area contributed by atoms with Crippen molar-refractivity contribution in [3.8, 4) is 5.69 Å². The molecular formula is C11H12BrClN4. The highest BCUT2D eigenvalue weighted by Crippen LogP contribution is 2.24. The smallest absolute Gasteiger partial charge is 0.0998 e. The van der Waals surface area contributed by atoms with Gasteiger partial charge in [0, 0.05) is 4.47 Å². The van der Waals surface area contributed by atoms with Gasteiger partial charge in [-0.15, -0.1) is 5.10 Å². The average molecular weight is 316 g/mol. The predicted molar refractivity (Wildman–Crippen MR) is 71.3 cm³/mol. The van der Waals surface area contributed by atoms with Crippen LogP contribution in [0, 0.1) is 0 Å². The molecule has 0 saturated carbocycles. The molecule has 1 unspecified atom stereocenters. The fourth-order valence-electron chi connectivity index (χ4n) is 1.44. The SMILES string of the molecule is CCC(N)c1cn(-c2ccc(Br)cc2Cl)nn1. The Morgan fingerprint density at radius 2 is 2.29 bits per heavy atom. The second-order valence-corrected chi connectivity index (χ2v) is 5.02. The van der Waals surface area contributed by atoms with Gasteiger partial charge in [0.05, 0.1) is 28.6 Å². The van der Waals surface area contributed by atoms with Crippen LogP contribution in [0.2, 0.25) is 5.02 Å². The number of hydrogen-bond acceptors (Lipinski definition) is 3. The molecular weight excluding hydrogens is 304 g/mol. The molecule has 2 rings (SSSR count). The first-order chi connectivity index (χ1) is 8.11. The zero-order chi connectivity index (χ0) is 12.4. The van der Waals surface area contributed by atoms with E-state index in [-0.39, 0.29) is 6.04 Å². The minimum Gasteiger partial charge on any atom is -0.323 e. The largest absolute Gasteiger partial charge is 0.323 e. The molecule has 2 N–H and O–H groups in total. The van der Waals surface area contributed by atoms with Crippen LogP contribution in [0.5, 0.6) is 0 Å². The Morgan fingerprint density at radius 3 is 2.94 bits per heavy atom. The zero-order valence-electron chi connectivity index (χ0n) is 9.27. The van der Waals surface area contributed by atoms with Gasteiger partial charge in [-0.3, -0.25) is 0 Å². The highest BCUT2D eigenvalue weighted by atomic mass is 79.9. The van der Waals surface area contributed by atoms with Gasteiger partial charge < -0.3 is 5.73 Å². The summed E-state index contributed by atoms with van der Waals surface area (Å²) in [6.45, 7) is 2.01. The minimum atomic E-state index is -0.0852. The molecule has 4 nitrogen and oxygen atoms in total. The molecule has 0 saturated heterocycles. The molecule has 1 aromatic heterocycles. The van der Waals surface area contributed by atoms with Gasteiger partial charge in [0.25, 0.3) is 0 Å². The van der Waals surface area contributed by atoms with E-state index in [1.54, 1.807) is 4.68 Å². The monoisotopic (exact) mass is 314 g/mol. The first kappa shape index (κ1) is 12.5. The number of nitrogens with two attached hydrogens (primary N) is 1. The Morgan fingerprint density at radius 1 is 1.53 bits per heavy atom. The van der Waals surface area contributed by atoms with Crippen LogP contribution in [-0.4, -0.2) is 15.0 Å². The highest BCUT2D eigenvalue weighted by Gasteiger charge is 2.11. The van der Waals surface area contributed by atoms with Crippen LogP contribution in [0.4, 0.5) is 0 Å². The molecule has 0 amide bonds. The molecule has 0 aliphatic rings. The third-order valence-electron chi connectivity index (χ3n) is 2.49. The molecule has 0 aliphatic carbocycles. The fraction of sp³-hybridized carbons (Fsp3) is 0.273. The molecule has 1 aromatic carbocycles. The fourth-order valence-corrected chi connectivity index (χ4v) is 2.20. The molecule has 0 spiro atoms. The van der Waals surface area contributed by atoms with E-state index >= 15 is 0 Å². The maximum absolute atomic E-state index is 6.14. The van der Waals surface area contributed by atoms with Crippen molar-refractivity contribution in [2.75, 3.05) is 0 Å². The maximum atomic E-state index is 6.14. The Balaban J connectivity index is 2.37. The number of rotatable bonds is 3. The molecule has 0 bridgehead atoms. The Kier molecular flexibility index (Phi) is 3.81. The van der Waals surface area contributed by atoms with Crippen LogP contribution in [0.1, 0.15) is 25.1 Å². The average Bonchev–Trinajstić information content (AvgIpc) is 2.77. The minimum absolute atomic E-state index is 0.0852. The third-order valence-corrected chi connectivity index (χ3v) is 3.28. The van der Waals surface area contributed by atoms with Crippen LogP contribution in [0.25, 0.3) is 5.69 Å². The lowest BCUT2D eigenvalue weighted by molar-refractivity contribution is 0.670. The van der Waals surface area contributed by atoms with E-state index in [9.17, 15) is 0 Å². The Bertz CT molecular complexity index is 526. The number of aromatic nitrogens is 3. The number of benzene rings is 1. The van der Waals surface area contributed by atoms with Crippen LogP contribution >= 0.6 is 27.5 Å². The van der Waals surface area contributed by atoms with Crippen molar-refractivity contribution in [2.24, 2.45) is 5.73 Å². The van der Waals surface area contributed by atoms with Gasteiger partial charge in [-0.05, 0) is 24.6 Å². The summed E-state index contributed by atoms with van der Waals surface area (Å²) < 4.78 is 2.57. The van der Waals surface area contributed by atoms with Gasteiger partial charge in [0.15, 0.2) is 0 Å². The van der Waals surface area contributed by atoms with Crippen molar-refractivity contribution < 1.29 is 0 Å². The molecule has 0 radical (unpaired) electrons. The molecule has 2 aromatic rings. The quantitative estimate of drug-likeness (QED) is 0.947. The predicted octanol–water partition coefficient (Wildman–Crippen LogP) is 3.09. The number of hydrogen-bond donors (Lipinski definition) is 1. The molecule has 1 heterocycles. The van der Waals surface area contributed by atoms with Gasteiger partial charge in [-0.2, -0.15) is 0 Å². The van der Waals surface area contributed by atoms with Crippen LogP contribution in [0.15, 0.2) is 28.9 Å². The summed E-state index contributed by atoms with van der Waals surface area (Å²) in [5.74, 6) is 0. The maximum Gasteiger partial charge on any atom is 0.0998 e. The summed E-state index contributed by atoms with van der Waals surface area (Å²) in [6, 6.07) is 5.51. The van der Waals surface area contributed by atoms with Gasteiger partial charge in [0.2, 0.25) is 0 Å². The van der Waals surface area contributed by atoms with E-state index in [0.717, 1.165) is 22.3 Å². The van der Waals surface area contributed by atoms with Gasteiger partial charge in [0.1, 0.15) is 0 Å². The summed E-state index contributed by atoms with van der Waals surface area (Å²) in [5.41, 5.74) is 7.45. The van der Waals surface area contributed by atoms with Crippen molar-refractivity contribution >= 4 is 27.5 Å². The van der Waals surface area contributed by atoms with Crippen molar-refractivity contribution in [3.05, 3.63) is 39.6 Å². The normalized spacial score (nSPS) is 12.7. The molecule has 0 aliphatic heterocycles. The van der Waals surface area contributed by atoms with Gasteiger partial charge in [-0.25, -0.2) is 4.68 Å². The van der Waals surface area contributed by atoms with Crippen molar-refractivity contribution in [3.63, 3.8) is 0 Å². The van der Waals surface area contributed by atoms with Crippen molar-refractivity contribution in [2.45, 2.75) is 19.4 Å². The summed E-state index contributed by atoms with van der Waals surface area (Å²) >= 11 is 9.50. The van der Waals surface area contributed by atoms with E-state index in [0.29, 0.717) is 5.02 Å². The van der Waals surface area contributed by atoms with E-state index in [2.05, 4.69) is 26.2 Å². The highest BCUT2D eigenvalue weighted by molar-refractivity contribution is 9.10. The lowest BCUT2D eigenvalue weighted by Gasteiger charge is -2.04. The second-order valence-electron chi connectivity index (χ2n) is 3.70. The molecule has 17 heavy (non-hydrogen) atoms. The van der Waals surface area contributed by atoms with Crippen molar-refractivity contribution in [1.82, 2.24) is 15.0 Å². The van der Waals surface area contributed by atoms with E-state index in [1.807, 2.05) is 31.3 Å². The molecule has 90 valence electrons.